The van der Waals surface area contributed by atoms with Crippen LogP contribution in [0.25, 0.3) is 10.9 Å². The van der Waals surface area contributed by atoms with Gasteiger partial charge < -0.3 is 15.2 Å². The molecule has 4 nitrogen and oxygen atoms in total. The van der Waals surface area contributed by atoms with Gasteiger partial charge >= 0.3 is 0 Å². The van der Waals surface area contributed by atoms with Crippen LogP contribution in [-0.2, 0) is 0 Å². The number of amides is 1. The predicted octanol–water partition coefficient (Wildman–Crippen LogP) is 1.74. The predicted molar refractivity (Wildman–Crippen MR) is 71.6 cm³/mol. The molecule has 0 saturated carbocycles. The van der Waals surface area contributed by atoms with Crippen LogP contribution in [0.2, 0.25) is 0 Å². The number of nitrogens with zero attached hydrogens (tertiary/aromatic N) is 1. The van der Waals surface area contributed by atoms with Crippen molar-refractivity contribution in [1.29, 1.82) is 0 Å². The zero-order chi connectivity index (χ0) is 13.4. The first-order valence-corrected chi connectivity index (χ1v) is 6.45. The molecule has 3 rings (SSSR count). The van der Waals surface area contributed by atoms with Crippen LogP contribution in [0.5, 0.6) is 0 Å². The van der Waals surface area contributed by atoms with Crippen molar-refractivity contribution in [3.8, 4) is 0 Å². The number of nitrogens with one attached hydrogen (secondary N) is 2. The average molecular weight is 261 g/mol. The quantitative estimate of drug-likeness (QED) is 0.821. The number of piperazine rings is 1. The van der Waals surface area contributed by atoms with Crippen LogP contribution in [-0.4, -0.2) is 41.5 Å². The van der Waals surface area contributed by atoms with Crippen molar-refractivity contribution in [2.45, 2.75) is 13.0 Å². The van der Waals surface area contributed by atoms with E-state index in [2.05, 4.69) is 10.3 Å². The summed E-state index contributed by atoms with van der Waals surface area (Å²) in [5.41, 5.74) is 1.11. The van der Waals surface area contributed by atoms with Gasteiger partial charge in [-0.2, -0.15) is 0 Å². The maximum atomic E-state index is 13.6. The molecule has 5 heteroatoms. The standard InChI is InChI=1S/C14H16FN3O/c1-9-8-18(6-5-16-9)14(19)13-7-10-11(15)3-2-4-12(10)17-13/h2-4,7,9,16-17H,5-6,8H2,1H3/t9-/m1/s1. The van der Waals surface area contributed by atoms with Crippen LogP contribution in [0.4, 0.5) is 4.39 Å². The van der Waals surface area contributed by atoms with Gasteiger partial charge in [0.2, 0.25) is 0 Å². The number of halogens is 1. The summed E-state index contributed by atoms with van der Waals surface area (Å²) in [6, 6.07) is 6.70. The molecule has 1 aromatic carbocycles. The number of H-pyrrole nitrogens is 1. The third kappa shape index (κ3) is 2.21. The Morgan fingerprint density at radius 2 is 2.32 bits per heavy atom. The fourth-order valence-electron chi connectivity index (χ4n) is 2.52. The summed E-state index contributed by atoms with van der Waals surface area (Å²) < 4.78 is 13.6. The van der Waals surface area contributed by atoms with Crippen molar-refractivity contribution in [2.75, 3.05) is 19.6 Å². The third-order valence-corrected chi connectivity index (χ3v) is 3.50. The maximum Gasteiger partial charge on any atom is 0.270 e. The topological polar surface area (TPSA) is 48.1 Å². The second-order valence-electron chi connectivity index (χ2n) is 4.99. The molecule has 0 spiro atoms. The van der Waals surface area contributed by atoms with E-state index in [1.807, 2.05) is 6.92 Å². The second kappa shape index (κ2) is 4.66. The SMILES string of the molecule is C[C@@H]1CN(C(=O)c2cc3c(F)cccc3[nH]2)CCN1. The Morgan fingerprint density at radius 3 is 3.05 bits per heavy atom. The summed E-state index contributed by atoms with van der Waals surface area (Å²) >= 11 is 0. The summed E-state index contributed by atoms with van der Waals surface area (Å²) in [5, 5.41) is 3.76. The minimum atomic E-state index is -0.304. The number of benzene rings is 1. The van der Waals surface area contributed by atoms with E-state index in [4.69, 9.17) is 0 Å². The fourth-order valence-corrected chi connectivity index (χ4v) is 2.52. The van der Waals surface area contributed by atoms with Crippen molar-refractivity contribution in [2.24, 2.45) is 0 Å². The molecule has 1 amide bonds. The van der Waals surface area contributed by atoms with Gasteiger partial charge in [0.15, 0.2) is 0 Å². The van der Waals surface area contributed by atoms with Gasteiger partial charge in [-0.05, 0) is 25.1 Å². The highest BCUT2D eigenvalue weighted by Gasteiger charge is 2.23. The Morgan fingerprint density at radius 1 is 1.47 bits per heavy atom. The zero-order valence-electron chi connectivity index (χ0n) is 10.7. The van der Waals surface area contributed by atoms with E-state index >= 15 is 0 Å². The number of aromatic nitrogens is 1. The molecule has 2 heterocycles. The number of rotatable bonds is 1. The zero-order valence-corrected chi connectivity index (χ0v) is 10.7. The van der Waals surface area contributed by atoms with Crippen molar-refractivity contribution >= 4 is 16.8 Å². The van der Waals surface area contributed by atoms with Crippen molar-refractivity contribution < 1.29 is 9.18 Å². The molecule has 0 aliphatic carbocycles. The van der Waals surface area contributed by atoms with E-state index in [1.54, 1.807) is 23.1 Å². The van der Waals surface area contributed by atoms with E-state index in [1.165, 1.54) is 6.07 Å². The Kier molecular flexibility index (Phi) is 2.98. The molecule has 2 N–H and O–H groups in total. The molecule has 0 unspecified atom stereocenters. The van der Waals surface area contributed by atoms with Crippen LogP contribution in [0.1, 0.15) is 17.4 Å². The van der Waals surface area contributed by atoms with E-state index in [9.17, 15) is 9.18 Å². The molecule has 1 aliphatic rings. The first-order chi connectivity index (χ1) is 9.15. The maximum absolute atomic E-state index is 13.6. The van der Waals surface area contributed by atoms with Crippen molar-refractivity contribution in [3.05, 3.63) is 35.8 Å². The van der Waals surface area contributed by atoms with E-state index in [0.29, 0.717) is 35.7 Å². The van der Waals surface area contributed by atoms with Gasteiger partial charge in [0.25, 0.3) is 5.91 Å². The van der Waals surface area contributed by atoms with Gasteiger partial charge in [-0.3, -0.25) is 4.79 Å². The molecule has 1 saturated heterocycles. The van der Waals surface area contributed by atoms with Gasteiger partial charge in [-0.25, -0.2) is 4.39 Å². The molecule has 1 atom stereocenters. The number of carbonyl (C=O) groups is 1. The van der Waals surface area contributed by atoms with Gasteiger partial charge in [-0.1, -0.05) is 6.07 Å². The molecule has 1 fully saturated rings. The van der Waals surface area contributed by atoms with Crippen LogP contribution < -0.4 is 5.32 Å². The van der Waals surface area contributed by atoms with Gasteiger partial charge in [-0.15, -0.1) is 0 Å². The fraction of sp³-hybridized carbons (Fsp3) is 0.357. The van der Waals surface area contributed by atoms with Crippen LogP contribution in [0, 0.1) is 5.82 Å². The van der Waals surface area contributed by atoms with Crippen LogP contribution in [0.3, 0.4) is 0 Å². The smallest absolute Gasteiger partial charge is 0.270 e. The highest BCUT2D eigenvalue weighted by molar-refractivity contribution is 5.98. The number of hydrogen-bond acceptors (Lipinski definition) is 2. The number of aromatic amines is 1. The molecular weight excluding hydrogens is 245 g/mol. The van der Waals surface area contributed by atoms with Crippen molar-refractivity contribution in [3.63, 3.8) is 0 Å². The molecule has 100 valence electrons. The molecule has 1 aromatic heterocycles. The lowest BCUT2D eigenvalue weighted by Crippen LogP contribution is -2.51. The minimum Gasteiger partial charge on any atom is -0.350 e. The monoisotopic (exact) mass is 261 g/mol. The lowest BCUT2D eigenvalue weighted by atomic mass is 10.2. The van der Waals surface area contributed by atoms with E-state index in [-0.39, 0.29) is 11.7 Å². The van der Waals surface area contributed by atoms with E-state index in [0.717, 1.165) is 6.54 Å². The third-order valence-electron chi connectivity index (χ3n) is 3.50. The normalized spacial score (nSPS) is 19.9. The van der Waals surface area contributed by atoms with Crippen LogP contribution >= 0.6 is 0 Å². The summed E-state index contributed by atoms with van der Waals surface area (Å²) in [6.07, 6.45) is 0. The molecular formula is C14H16FN3O. The Hall–Kier alpha value is -1.88. The molecule has 2 aromatic rings. The first kappa shape index (κ1) is 12.2. The number of carbonyl (C=O) groups excluding carboxylic acids is 1. The second-order valence-corrected chi connectivity index (χ2v) is 4.99. The molecule has 0 bridgehead atoms. The molecule has 0 radical (unpaired) electrons. The molecule has 1 aliphatic heterocycles. The van der Waals surface area contributed by atoms with Gasteiger partial charge in [0.1, 0.15) is 11.5 Å². The van der Waals surface area contributed by atoms with Gasteiger partial charge in [0.05, 0.1) is 0 Å². The Bertz CT molecular complexity index is 622. The number of hydrogen-bond donors (Lipinski definition) is 2. The lowest BCUT2D eigenvalue weighted by Gasteiger charge is -2.31. The number of fused-ring (bicyclic) bond motifs is 1. The van der Waals surface area contributed by atoms with Crippen LogP contribution in [0.15, 0.2) is 24.3 Å². The van der Waals surface area contributed by atoms with Gasteiger partial charge in [0, 0.05) is 36.6 Å². The summed E-state index contributed by atoms with van der Waals surface area (Å²) in [7, 11) is 0. The first-order valence-electron chi connectivity index (χ1n) is 6.45. The largest absolute Gasteiger partial charge is 0.350 e. The minimum absolute atomic E-state index is 0.0658. The van der Waals surface area contributed by atoms with E-state index < -0.39 is 0 Å². The Balaban J connectivity index is 1.91. The summed E-state index contributed by atoms with van der Waals surface area (Å²) in [6.45, 7) is 4.20. The molecule has 19 heavy (non-hydrogen) atoms. The lowest BCUT2D eigenvalue weighted by molar-refractivity contribution is 0.0704. The highest BCUT2D eigenvalue weighted by Crippen LogP contribution is 2.19. The summed E-state index contributed by atoms with van der Waals surface area (Å²) in [4.78, 5) is 17.2. The highest BCUT2D eigenvalue weighted by atomic mass is 19.1. The average Bonchev–Trinajstić information content (AvgIpc) is 2.83. The Labute approximate surface area is 110 Å². The van der Waals surface area contributed by atoms with Crippen molar-refractivity contribution in [1.82, 2.24) is 15.2 Å². The summed E-state index contributed by atoms with van der Waals surface area (Å²) in [5.74, 6) is -0.370.